The van der Waals surface area contributed by atoms with Crippen molar-refractivity contribution in [3.8, 4) is 5.75 Å². The number of benzene rings is 1. The van der Waals surface area contributed by atoms with Gasteiger partial charge in [-0.15, -0.1) is 0 Å². The molecule has 0 aliphatic carbocycles. The molecular formula is C13H15ClO2. The first-order valence-corrected chi connectivity index (χ1v) is 5.73. The van der Waals surface area contributed by atoms with Gasteiger partial charge in [-0.1, -0.05) is 43.1 Å². The van der Waals surface area contributed by atoms with Crippen LogP contribution >= 0.6 is 11.6 Å². The number of carbonyl (C=O) groups excluding carboxylic acids is 1. The molecule has 1 aromatic carbocycles. The SMILES string of the molecule is CCCCC(Cl)=CC(=O)Oc1ccccc1. The molecule has 0 radical (unpaired) electrons. The number of ether oxygens (including phenoxy) is 1. The van der Waals surface area contributed by atoms with E-state index >= 15 is 0 Å². The van der Waals surface area contributed by atoms with Crippen LogP contribution in [0.3, 0.4) is 0 Å². The number of para-hydroxylation sites is 1. The Morgan fingerprint density at radius 3 is 2.69 bits per heavy atom. The highest BCUT2D eigenvalue weighted by Crippen LogP contribution is 2.13. The lowest BCUT2D eigenvalue weighted by Crippen LogP contribution is -2.04. The third-order valence-corrected chi connectivity index (χ3v) is 2.30. The monoisotopic (exact) mass is 238 g/mol. The Kier molecular flexibility index (Phi) is 5.65. The molecule has 0 heterocycles. The number of hydrogen-bond donors (Lipinski definition) is 0. The predicted molar refractivity (Wildman–Crippen MR) is 65.5 cm³/mol. The second kappa shape index (κ2) is 7.07. The van der Waals surface area contributed by atoms with E-state index in [9.17, 15) is 4.79 Å². The van der Waals surface area contributed by atoms with Gasteiger partial charge in [-0.25, -0.2) is 4.79 Å². The Morgan fingerprint density at radius 2 is 2.06 bits per heavy atom. The van der Waals surface area contributed by atoms with Crippen LogP contribution in [-0.4, -0.2) is 5.97 Å². The standard InChI is InChI=1S/C13H15ClO2/c1-2-3-7-11(14)10-13(15)16-12-8-5-4-6-9-12/h4-6,8-10H,2-3,7H2,1H3. The van der Waals surface area contributed by atoms with E-state index in [0.29, 0.717) is 10.8 Å². The zero-order chi connectivity index (χ0) is 11.8. The van der Waals surface area contributed by atoms with Crippen LogP contribution in [0.5, 0.6) is 5.75 Å². The van der Waals surface area contributed by atoms with Gasteiger partial charge in [0.05, 0.1) is 0 Å². The van der Waals surface area contributed by atoms with Crippen molar-refractivity contribution in [1.29, 1.82) is 0 Å². The van der Waals surface area contributed by atoms with Gasteiger partial charge >= 0.3 is 5.97 Å². The summed E-state index contributed by atoms with van der Waals surface area (Å²) in [5.41, 5.74) is 0. The molecule has 2 nitrogen and oxygen atoms in total. The van der Waals surface area contributed by atoms with Crippen molar-refractivity contribution in [2.24, 2.45) is 0 Å². The molecule has 0 aliphatic rings. The smallest absolute Gasteiger partial charge is 0.337 e. The van der Waals surface area contributed by atoms with E-state index in [1.807, 2.05) is 18.2 Å². The Balaban J connectivity index is 2.47. The Bertz CT molecular complexity index is 357. The highest BCUT2D eigenvalue weighted by atomic mass is 35.5. The van der Waals surface area contributed by atoms with Gasteiger partial charge in [-0.3, -0.25) is 0 Å². The molecular weight excluding hydrogens is 224 g/mol. The Labute approximate surface area is 101 Å². The number of halogens is 1. The third-order valence-electron chi connectivity index (χ3n) is 2.01. The topological polar surface area (TPSA) is 26.3 Å². The van der Waals surface area contributed by atoms with Crippen molar-refractivity contribution in [3.05, 3.63) is 41.4 Å². The van der Waals surface area contributed by atoms with Crippen LogP contribution in [0.2, 0.25) is 0 Å². The lowest BCUT2D eigenvalue weighted by Gasteiger charge is -2.01. The van der Waals surface area contributed by atoms with Crippen molar-refractivity contribution < 1.29 is 9.53 Å². The van der Waals surface area contributed by atoms with Gasteiger partial charge in [-0.2, -0.15) is 0 Å². The summed E-state index contributed by atoms with van der Waals surface area (Å²) in [6, 6.07) is 8.94. The number of hydrogen-bond acceptors (Lipinski definition) is 2. The summed E-state index contributed by atoms with van der Waals surface area (Å²) >= 11 is 5.88. The molecule has 0 saturated carbocycles. The third kappa shape index (κ3) is 4.99. The highest BCUT2D eigenvalue weighted by Gasteiger charge is 2.02. The fraction of sp³-hybridized carbons (Fsp3) is 0.308. The molecule has 1 rings (SSSR count). The van der Waals surface area contributed by atoms with Gasteiger partial charge in [0.25, 0.3) is 0 Å². The average Bonchev–Trinajstić information content (AvgIpc) is 2.27. The van der Waals surface area contributed by atoms with E-state index in [1.54, 1.807) is 12.1 Å². The molecule has 0 unspecified atom stereocenters. The lowest BCUT2D eigenvalue weighted by atomic mass is 10.2. The molecule has 0 saturated heterocycles. The van der Waals surface area contributed by atoms with E-state index in [1.165, 1.54) is 6.08 Å². The summed E-state index contributed by atoms with van der Waals surface area (Å²) in [5, 5.41) is 0.544. The van der Waals surface area contributed by atoms with Crippen molar-refractivity contribution in [2.75, 3.05) is 0 Å². The molecule has 0 amide bonds. The maximum atomic E-state index is 11.4. The Hall–Kier alpha value is -1.28. The first-order valence-electron chi connectivity index (χ1n) is 5.35. The lowest BCUT2D eigenvalue weighted by molar-refractivity contribution is -0.129. The van der Waals surface area contributed by atoms with Crippen LogP contribution in [0.1, 0.15) is 26.2 Å². The molecule has 0 fully saturated rings. The number of rotatable bonds is 5. The van der Waals surface area contributed by atoms with Crippen LogP contribution in [0.25, 0.3) is 0 Å². The van der Waals surface area contributed by atoms with E-state index < -0.39 is 5.97 Å². The largest absolute Gasteiger partial charge is 0.423 e. The summed E-state index contributed by atoms with van der Waals surface area (Å²) < 4.78 is 5.07. The zero-order valence-electron chi connectivity index (χ0n) is 9.28. The number of carbonyl (C=O) groups is 1. The van der Waals surface area contributed by atoms with Gasteiger partial charge in [0, 0.05) is 11.1 Å². The fourth-order valence-corrected chi connectivity index (χ4v) is 1.40. The molecule has 0 spiro atoms. The van der Waals surface area contributed by atoms with E-state index in [0.717, 1.165) is 19.3 Å². The molecule has 0 aromatic heterocycles. The van der Waals surface area contributed by atoms with Crippen LogP contribution in [0.15, 0.2) is 41.4 Å². The molecule has 3 heteroatoms. The first kappa shape index (κ1) is 12.8. The van der Waals surface area contributed by atoms with Crippen molar-refractivity contribution in [1.82, 2.24) is 0 Å². The van der Waals surface area contributed by atoms with Crippen molar-refractivity contribution in [2.45, 2.75) is 26.2 Å². The summed E-state index contributed by atoms with van der Waals surface area (Å²) in [6.45, 7) is 2.08. The summed E-state index contributed by atoms with van der Waals surface area (Å²) in [5.74, 6) is 0.107. The van der Waals surface area contributed by atoms with Gasteiger partial charge in [0.15, 0.2) is 0 Å². The normalized spacial score (nSPS) is 11.2. The second-order valence-electron chi connectivity index (χ2n) is 3.43. The molecule has 16 heavy (non-hydrogen) atoms. The quantitative estimate of drug-likeness (QED) is 0.442. The van der Waals surface area contributed by atoms with E-state index in [2.05, 4.69) is 6.92 Å². The van der Waals surface area contributed by atoms with Gasteiger partial charge in [0.2, 0.25) is 0 Å². The summed E-state index contributed by atoms with van der Waals surface area (Å²) in [4.78, 5) is 11.4. The second-order valence-corrected chi connectivity index (χ2v) is 3.91. The summed E-state index contributed by atoms with van der Waals surface area (Å²) in [7, 11) is 0. The number of unbranched alkanes of at least 4 members (excludes halogenated alkanes) is 1. The van der Waals surface area contributed by atoms with Crippen LogP contribution in [-0.2, 0) is 4.79 Å². The van der Waals surface area contributed by atoms with Gasteiger partial charge < -0.3 is 4.74 Å². The van der Waals surface area contributed by atoms with E-state index in [-0.39, 0.29) is 0 Å². The summed E-state index contributed by atoms with van der Waals surface area (Å²) in [6.07, 6.45) is 4.10. The zero-order valence-corrected chi connectivity index (χ0v) is 10.0. The average molecular weight is 239 g/mol. The van der Waals surface area contributed by atoms with Crippen LogP contribution in [0, 0.1) is 0 Å². The Morgan fingerprint density at radius 1 is 1.38 bits per heavy atom. The van der Waals surface area contributed by atoms with E-state index in [4.69, 9.17) is 16.3 Å². The van der Waals surface area contributed by atoms with Crippen molar-refractivity contribution in [3.63, 3.8) is 0 Å². The minimum absolute atomic E-state index is 0.424. The van der Waals surface area contributed by atoms with Gasteiger partial charge in [-0.05, 0) is 25.0 Å². The van der Waals surface area contributed by atoms with Crippen LogP contribution in [0.4, 0.5) is 0 Å². The molecule has 0 N–H and O–H groups in total. The molecule has 86 valence electrons. The minimum Gasteiger partial charge on any atom is -0.423 e. The number of esters is 1. The molecule has 0 atom stereocenters. The maximum absolute atomic E-state index is 11.4. The molecule has 1 aromatic rings. The highest BCUT2D eigenvalue weighted by molar-refractivity contribution is 6.30. The molecule has 0 aliphatic heterocycles. The fourth-order valence-electron chi connectivity index (χ4n) is 1.18. The maximum Gasteiger partial charge on any atom is 0.337 e. The van der Waals surface area contributed by atoms with Crippen molar-refractivity contribution >= 4 is 17.6 Å². The first-order chi connectivity index (χ1) is 7.72. The van der Waals surface area contributed by atoms with Gasteiger partial charge in [0.1, 0.15) is 5.75 Å². The number of allylic oxidation sites excluding steroid dienone is 1. The minimum atomic E-state index is -0.424. The van der Waals surface area contributed by atoms with Crippen LogP contribution < -0.4 is 4.74 Å². The predicted octanol–water partition coefficient (Wildman–Crippen LogP) is 3.90. The molecule has 0 bridgehead atoms.